The third-order valence-electron chi connectivity index (χ3n) is 5.96. The molecule has 1 heterocycles. The Balaban J connectivity index is 2.56. The molecule has 1 saturated heterocycles. The Morgan fingerprint density at radius 1 is 1.05 bits per heavy atom. The molecule has 0 aromatic heterocycles. The number of unbranched alkanes of at least 4 members (excludes halogenated alkanes) is 4. The third kappa shape index (κ3) is 5.25. The Labute approximate surface area is 134 Å². The van der Waals surface area contributed by atoms with Crippen molar-refractivity contribution in [3.05, 3.63) is 0 Å². The van der Waals surface area contributed by atoms with E-state index in [4.69, 9.17) is 0 Å². The minimum absolute atomic E-state index is 0.411. The van der Waals surface area contributed by atoms with Crippen molar-refractivity contribution in [3.8, 4) is 0 Å². The SMILES string of the molecule is CCCCCCCN1CC(C(C)CC)NCC1(CC)CC. The predicted molar refractivity (Wildman–Crippen MR) is 94.9 cm³/mol. The first-order chi connectivity index (χ1) is 10.1. The number of nitrogens with one attached hydrogen (secondary N) is 1. The van der Waals surface area contributed by atoms with E-state index in [1.807, 2.05) is 0 Å². The molecule has 1 rings (SSSR count). The fourth-order valence-corrected chi connectivity index (χ4v) is 3.78. The molecule has 21 heavy (non-hydrogen) atoms. The Hall–Kier alpha value is -0.0800. The van der Waals surface area contributed by atoms with Gasteiger partial charge in [-0.1, -0.05) is 66.7 Å². The normalized spacial score (nSPS) is 24.1. The lowest BCUT2D eigenvalue weighted by molar-refractivity contribution is 0.0190. The van der Waals surface area contributed by atoms with E-state index in [0.29, 0.717) is 11.6 Å². The molecule has 2 heteroatoms. The number of piperazine rings is 1. The summed E-state index contributed by atoms with van der Waals surface area (Å²) in [5, 5.41) is 3.86. The van der Waals surface area contributed by atoms with Gasteiger partial charge in [0.1, 0.15) is 0 Å². The highest BCUT2D eigenvalue weighted by Gasteiger charge is 2.39. The van der Waals surface area contributed by atoms with Gasteiger partial charge < -0.3 is 5.32 Å². The van der Waals surface area contributed by atoms with Crippen molar-refractivity contribution in [2.45, 2.75) is 97.6 Å². The van der Waals surface area contributed by atoms with Crippen LogP contribution in [-0.2, 0) is 0 Å². The largest absolute Gasteiger partial charge is 0.311 e. The third-order valence-corrected chi connectivity index (χ3v) is 5.96. The van der Waals surface area contributed by atoms with Crippen molar-refractivity contribution in [3.63, 3.8) is 0 Å². The summed E-state index contributed by atoms with van der Waals surface area (Å²) < 4.78 is 0. The van der Waals surface area contributed by atoms with Gasteiger partial charge in [0.15, 0.2) is 0 Å². The van der Waals surface area contributed by atoms with Gasteiger partial charge in [0.2, 0.25) is 0 Å². The molecule has 0 radical (unpaired) electrons. The van der Waals surface area contributed by atoms with Crippen LogP contribution in [0.15, 0.2) is 0 Å². The molecule has 0 bridgehead atoms. The van der Waals surface area contributed by atoms with E-state index in [9.17, 15) is 0 Å². The lowest BCUT2D eigenvalue weighted by Crippen LogP contribution is -2.65. The predicted octanol–water partition coefficient (Wildman–Crippen LogP) is 4.84. The number of hydrogen-bond donors (Lipinski definition) is 1. The second-order valence-corrected chi connectivity index (χ2v) is 7.16. The maximum absolute atomic E-state index is 3.86. The van der Waals surface area contributed by atoms with Crippen molar-refractivity contribution < 1.29 is 0 Å². The monoisotopic (exact) mass is 296 g/mol. The summed E-state index contributed by atoms with van der Waals surface area (Å²) in [6.45, 7) is 15.5. The first kappa shape index (κ1) is 19.0. The molecule has 2 unspecified atom stereocenters. The Bertz CT molecular complexity index is 260. The molecule has 2 nitrogen and oxygen atoms in total. The molecule has 2 atom stereocenters. The van der Waals surface area contributed by atoms with Crippen molar-refractivity contribution in [1.29, 1.82) is 0 Å². The number of rotatable bonds is 10. The van der Waals surface area contributed by atoms with Crippen molar-refractivity contribution in [2.75, 3.05) is 19.6 Å². The highest BCUT2D eigenvalue weighted by Crippen LogP contribution is 2.29. The summed E-state index contributed by atoms with van der Waals surface area (Å²) in [5.74, 6) is 0.791. The minimum Gasteiger partial charge on any atom is -0.311 e. The Morgan fingerprint density at radius 3 is 2.29 bits per heavy atom. The molecule has 1 N–H and O–H groups in total. The van der Waals surface area contributed by atoms with Gasteiger partial charge >= 0.3 is 0 Å². The zero-order chi connectivity index (χ0) is 15.7. The second kappa shape index (κ2) is 9.84. The van der Waals surface area contributed by atoms with Crippen LogP contribution in [0.2, 0.25) is 0 Å². The lowest BCUT2D eigenvalue weighted by Gasteiger charge is -2.51. The maximum atomic E-state index is 3.86. The van der Waals surface area contributed by atoms with Gasteiger partial charge in [0.25, 0.3) is 0 Å². The Morgan fingerprint density at radius 2 is 1.71 bits per heavy atom. The van der Waals surface area contributed by atoms with Crippen LogP contribution in [0.25, 0.3) is 0 Å². The second-order valence-electron chi connectivity index (χ2n) is 7.16. The van der Waals surface area contributed by atoms with Crippen LogP contribution in [0.4, 0.5) is 0 Å². The first-order valence-corrected chi connectivity index (χ1v) is 9.61. The standard InChI is InChI=1S/C19H40N2/c1-6-10-11-12-13-14-21-15-18(17(5)7-2)20-16-19(21,8-3)9-4/h17-18,20H,6-16H2,1-5H3. The van der Waals surface area contributed by atoms with Gasteiger partial charge in [0, 0.05) is 24.7 Å². The first-order valence-electron chi connectivity index (χ1n) is 9.61. The van der Waals surface area contributed by atoms with Gasteiger partial charge in [-0.25, -0.2) is 0 Å². The topological polar surface area (TPSA) is 15.3 Å². The van der Waals surface area contributed by atoms with Crippen LogP contribution in [-0.4, -0.2) is 36.1 Å². The average molecular weight is 297 g/mol. The van der Waals surface area contributed by atoms with Crippen molar-refractivity contribution in [2.24, 2.45) is 5.92 Å². The molecule has 126 valence electrons. The summed E-state index contributed by atoms with van der Waals surface area (Å²) in [6, 6.07) is 0.692. The molecule has 0 aromatic carbocycles. The lowest BCUT2D eigenvalue weighted by atomic mass is 9.84. The molecular formula is C19H40N2. The zero-order valence-electron chi connectivity index (χ0n) is 15.4. The van der Waals surface area contributed by atoms with E-state index in [1.54, 1.807) is 0 Å². The van der Waals surface area contributed by atoms with E-state index in [1.165, 1.54) is 71.0 Å². The number of nitrogens with zero attached hydrogens (tertiary/aromatic N) is 1. The van der Waals surface area contributed by atoms with Gasteiger partial charge in [-0.05, 0) is 31.7 Å². The quantitative estimate of drug-likeness (QED) is 0.581. The van der Waals surface area contributed by atoms with Crippen LogP contribution in [0.5, 0.6) is 0 Å². The molecule has 1 aliphatic heterocycles. The van der Waals surface area contributed by atoms with Gasteiger partial charge in [0.05, 0.1) is 0 Å². The van der Waals surface area contributed by atoms with Crippen LogP contribution in [0.3, 0.4) is 0 Å². The molecule has 1 aliphatic rings. The summed E-state index contributed by atoms with van der Waals surface area (Å²) in [5.41, 5.74) is 0.411. The van der Waals surface area contributed by atoms with E-state index >= 15 is 0 Å². The fourth-order valence-electron chi connectivity index (χ4n) is 3.78. The van der Waals surface area contributed by atoms with Gasteiger partial charge in [-0.15, -0.1) is 0 Å². The molecule has 0 aliphatic carbocycles. The zero-order valence-corrected chi connectivity index (χ0v) is 15.4. The maximum Gasteiger partial charge on any atom is 0.0329 e. The fraction of sp³-hybridized carbons (Fsp3) is 1.00. The Kier molecular flexibility index (Phi) is 8.89. The molecule has 1 fully saturated rings. The van der Waals surface area contributed by atoms with E-state index < -0.39 is 0 Å². The highest BCUT2D eigenvalue weighted by atomic mass is 15.3. The molecule has 0 saturated carbocycles. The summed E-state index contributed by atoms with van der Waals surface area (Å²) in [6.07, 6.45) is 10.8. The van der Waals surface area contributed by atoms with Crippen LogP contribution < -0.4 is 5.32 Å². The number of hydrogen-bond acceptors (Lipinski definition) is 2. The summed E-state index contributed by atoms with van der Waals surface area (Å²) in [4.78, 5) is 2.84. The van der Waals surface area contributed by atoms with E-state index in [-0.39, 0.29) is 0 Å². The summed E-state index contributed by atoms with van der Waals surface area (Å²) >= 11 is 0. The van der Waals surface area contributed by atoms with E-state index in [0.717, 1.165) is 5.92 Å². The van der Waals surface area contributed by atoms with Crippen LogP contribution >= 0.6 is 0 Å². The van der Waals surface area contributed by atoms with Crippen molar-refractivity contribution in [1.82, 2.24) is 10.2 Å². The smallest absolute Gasteiger partial charge is 0.0329 e. The molecule has 0 amide bonds. The van der Waals surface area contributed by atoms with E-state index in [2.05, 4.69) is 44.8 Å². The van der Waals surface area contributed by atoms with Gasteiger partial charge in [-0.3, -0.25) is 4.90 Å². The summed E-state index contributed by atoms with van der Waals surface area (Å²) in [7, 11) is 0. The highest BCUT2D eigenvalue weighted by molar-refractivity contribution is 4.98. The van der Waals surface area contributed by atoms with Gasteiger partial charge in [-0.2, -0.15) is 0 Å². The minimum atomic E-state index is 0.411. The molecular weight excluding hydrogens is 256 g/mol. The van der Waals surface area contributed by atoms with Crippen LogP contribution in [0, 0.1) is 5.92 Å². The van der Waals surface area contributed by atoms with Crippen molar-refractivity contribution >= 4 is 0 Å². The molecule has 0 aromatic rings. The average Bonchev–Trinajstić information content (AvgIpc) is 2.53. The van der Waals surface area contributed by atoms with Crippen LogP contribution in [0.1, 0.15) is 86.0 Å². The molecule has 0 spiro atoms.